The van der Waals surface area contributed by atoms with E-state index < -0.39 is 0 Å². The van der Waals surface area contributed by atoms with Crippen LogP contribution in [-0.2, 0) is 11.2 Å². The van der Waals surface area contributed by atoms with Crippen LogP contribution in [0.4, 0.5) is 5.69 Å². The lowest BCUT2D eigenvalue weighted by atomic mass is 9.97. The van der Waals surface area contributed by atoms with Crippen molar-refractivity contribution in [2.45, 2.75) is 51.6 Å². The predicted molar refractivity (Wildman–Crippen MR) is 79.8 cm³/mol. The van der Waals surface area contributed by atoms with Gasteiger partial charge in [-0.1, -0.05) is 0 Å². The van der Waals surface area contributed by atoms with Crippen LogP contribution in [0.15, 0.2) is 18.5 Å². The SMILES string of the molecule is CC(C)(C)N1CCC(N2C(=O)Cc3ccncc32)CC1. The molecule has 0 atom stereocenters. The molecule has 1 aromatic heterocycles. The number of likely N-dealkylation sites (tertiary alicyclic amines) is 1. The van der Waals surface area contributed by atoms with E-state index in [-0.39, 0.29) is 11.4 Å². The molecule has 3 rings (SSSR count). The molecule has 2 aliphatic heterocycles. The van der Waals surface area contributed by atoms with Crippen molar-refractivity contribution in [3.63, 3.8) is 0 Å². The number of fused-ring (bicyclic) bond motifs is 1. The van der Waals surface area contributed by atoms with Crippen molar-refractivity contribution in [2.24, 2.45) is 0 Å². The molecule has 0 unspecified atom stereocenters. The van der Waals surface area contributed by atoms with Crippen LogP contribution < -0.4 is 4.90 Å². The number of carbonyl (C=O) groups is 1. The van der Waals surface area contributed by atoms with Crippen LogP contribution in [0.2, 0.25) is 0 Å². The third-order valence-corrected chi connectivity index (χ3v) is 4.54. The minimum Gasteiger partial charge on any atom is -0.307 e. The highest BCUT2D eigenvalue weighted by molar-refractivity contribution is 6.01. The molecule has 1 fully saturated rings. The molecule has 1 aromatic rings. The molecule has 4 heteroatoms. The Morgan fingerprint density at radius 2 is 1.95 bits per heavy atom. The van der Waals surface area contributed by atoms with Crippen LogP contribution in [0.25, 0.3) is 0 Å². The van der Waals surface area contributed by atoms with E-state index in [1.165, 1.54) is 0 Å². The van der Waals surface area contributed by atoms with Gasteiger partial charge in [-0.2, -0.15) is 0 Å². The number of carbonyl (C=O) groups excluding carboxylic acids is 1. The molecular weight excluding hydrogens is 250 g/mol. The summed E-state index contributed by atoms with van der Waals surface area (Å²) in [5.74, 6) is 0.238. The van der Waals surface area contributed by atoms with Gasteiger partial charge in [0.2, 0.25) is 5.91 Å². The molecule has 0 radical (unpaired) electrons. The van der Waals surface area contributed by atoms with E-state index in [4.69, 9.17) is 0 Å². The van der Waals surface area contributed by atoms with E-state index >= 15 is 0 Å². The fourth-order valence-electron chi connectivity index (χ4n) is 3.36. The van der Waals surface area contributed by atoms with Gasteiger partial charge in [0.05, 0.1) is 18.3 Å². The van der Waals surface area contributed by atoms with E-state index in [0.29, 0.717) is 12.5 Å². The Hall–Kier alpha value is -1.42. The maximum absolute atomic E-state index is 12.3. The Kier molecular flexibility index (Phi) is 3.28. The summed E-state index contributed by atoms with van der Waals surface area (Å²) in [6, 6.07) is 2.31. The lowest BCUT2D eigenvalue weighted by Crippen LogP contribution is -2.51. The highest BCUT2D eigenvalue weighted by atomic mass is 16.2. The molecular formula is C16H23N3O. The maximum atomic E-state index is 12.3. The summed E-state index contributed by atoms with van der Waals surface area (Å²) in [7, 11) is 0. The standard InChI is InChI=1S/C16H23N3O/c1-16(2,3)18-8-5-13(6-9-18)19-14-11-17-7-4-12(14)10-15(19)20/h4,7,11,13H,5-6,8-10H2,1-3H3. The van der Waals surface area contributed by atoms with Gasteiger partial charge in [0.25, 0.3) is 0 Å². The van der Waals surface area contributed by atoms with Crippen molar-refractivity contribution in [2.75, 3.05) is 18.0 Å². The topological polar surface area (TPSA) is 36.4 Å². The molecule has 3 heterocycles. The zero-order valence-electron chi connectivity index (χ0n) is 12.6. The van der Waals surface area contributed by atoms with Gasteiger partial charge in [-0.3, -0.25) is 14.7 Å². The zero-order chi connectivity index (χ0) is 14.3. The monoisotopic (exact) mass is 273 g/mol. The number of piperidine rings is 1. The van der Waals surface area contributed by atoms with E-state index in [9.17, 15) is 4.79 Å². The summed E-state index contributed by atoms with van der Waals surface area (Å²) >= 11 is 0. The van der Waals surface area contributed by atoms with Gasteiger partial charge < -0.3 is 4.90 Å². The van der Waals surface area contributed by atoms with Crippen molar-refractivity contribution in [3.05, 3.63) is 24.0 Å². The van der Waals surface area contributed by atoms with Gasteiger partial charge in [-0.15, -0.1) is 0 Å². The lowest BCUT2D eigenvalue weighted by molar-refractivity contribution is -0.118. The fourth-order valence-corrected chi connectivity index (χ4v) is 3.36. The van der Waals surface area contributed by atoms with Crippen LogP contribution in [-0.4, -0.2) is 40.5 Å². The third kappa shape index (κ3) is 2.33. The first-order valence-electron chi connectivity index (χ1n) is 7.47. The molecule has 0 spiro atoms. The Labute approximate surface area is 120 Å². The van der Waals surface area contributed by atoms with Crippen molar-refractivity contribution >= 4 is 11.6 Å². The van der Waals surface area contributed by atoms with Gasteiger partial charge in [0, 0.05) is 30.9 Å². The Bertz CT molecular complexity index is 513. The number of hydrogen-bond donors (Lipinski definition) is 0. The van der Waals surface area contributed by atoms with Crippen molar-refractivity contribution in [3.8, 4) is 0 Å². The van der Waals surface area contributed by atoms with Crippen LogP contribution in [0.3, 0.4) is 0 Å². The molecule has 20 heavy (non-hydrogen) atoms. The first-order valence-corrected chi connectivity index (χ1v) is 7.47. The number of rotatable bonds is 1. The highest BCUT2D eigenvalue weighted by Gasteiger charge is 2.36. The quantitative estimate of drug-likeness (QED) is 0.787. The molecule has 0 aromatic carbocycles. The fraction of sp³-hybridized carbons (Fsp3) is 0.625. The Morgan fingerprint density at radius 3 is 2.60 bits per heavy atom. The first-order chi connectivity index (χ1) is 9.47. The molecule has 0 saturated carbocycles. The summed E-state index contributed by atoms with van der Waals surface area (Å²) in [5.41, 5.74) is 2.38. The summed E-state index contributed by atoms with van der Waals surface area (Å²) in [4.78, 5) is 21.0. The lowest BCUT2D eigenvalue weighted by Gasteiger charge is -2.43. The van der Waals surface area contributed by atoms with E-state index in [1.807, 2.05) is 17.2 Å². The Morgan fingerprint density at radius 1 is 1.25 bits per heavy atom. The van der Waals surface area contributed by atoms with E-state index in [1.54, 1.807) is 6.20 Å². The van der Waals surface area contributed by atoms with E-state index in [0.717, 1.165) is 37.2 Å². The number of aromatic nitrogens is 1. The van der Waals surface area contributed by atoms with Crippen LogP contribution >= 0.6 is 0 Å². The smallest absolute Gasteiger partial charge is 0.231 e. The second-order valence-corrected chi connectivity index (χ2v) is 6.83. The third-order valence-electron chi connectivity index (χ3n) is 4.54. The van der Waals surface area contributed by atoms with Crippen LogP contribution in [0.1, 0.15) is 39.2 Å². The summed E-state index contributed by atoms with van der Waals surface area (Å²) < 4.78 is 0. The van der Waals surface area contributed by atoms with Crippen LogP contribution in [0.5, 0.6) is 0 Å². The molecule has 0 N–H and O–H groups in total. The number of anilines is 1. The maximum Gasteiger partial charge on any atom is 0.231 e. The molecule has 0 aliphatic carbocycles. The summed E-state index contributed by atoms with van der Waals surface area (Å²) in [6.45, 7) is 8.90. The van der Waals surface area contributed by atoms with Crippen LogP contribution in [0, 0.1) is 0 Å². The molecule has 108 valence electrons. The highest BCUT2D eigenvalue weighted by Crippen LogP contribution is 2.33. The second kappa shape index (κ2) is 4.85. The molecule has 1 amide bonds. The minimum atomic E-state index is 0.222. The largest absolute Gasteiger partial charge is 0.307 e. The normalized spacial score (nSPS) is 21.4. The summed E-state index contributed by atoms with van der Waals surface area (Å²) in [5, 5.41) is 0. The van der Waals surface area contributed by atoms with Gasteiger partial charge in [0.15, 0.2) is 0 Å². The van der Waals surface area contributed by atoms with E-state index in [2.05, 4.69) is 30.7 Å². The number of hydrogen-bond acceptors (Lipinski definition) is 3. The second-order valence-electron chi connectivity index (χ2n) is 6.83. The van der Waals surface area contributed by atoms with Crippen molar-refractivity contribution < 1.29 is 4.79 Å². The molecule has 4 nitrogen and oxygen atoms in total. The predicted octanol–water partition coefficient (Wildman–Crippen LogP) is 2.23. The Balaban J connectivity index is 1.74. The van der Waals surface area contributed by atoms with Crippen molar-refractivity contribution in [1.82, 2.24) is 9.88 Å². The van der Waals surface area contributed by atoms with Crippen molar-refractivity contribution in [1.29, 1.82) is 0 Å². The average molecular weight is 273 g/mol. The molecule has 1 saturated heterocycles. The number of amides is 1. The molecule has 0 bridgehead atoms. The van der Waals surface area contributed by atoms with Gasteiger partial charge >= 0.3 is 0 Å². The van der Waals surface area contributed by atoms with Gasteiger partial charge in [-0.25, -0.2) is 0 Å². The van der Waals surface area contributed by atoms with Gasteiger partial charge in [0.1, 0.15) is 0 Å². The average Bonchev–Trinajstić information content (AvgIpc) is 2.73. The summed E-state index contributed by atoms with van der Waals surface area (Å²) in [6.07, 6.45) is 6.26. The minimum absolute atomic E-state index is 0.222. The number of nitrogens with zero attached hydrogens (tertiary/aromatic N) is 3. The first kappa shape index (κ1) is 13.6. The number of pyridine rings is 1. The van der Waals surface area contributed by atoms with Gasteiger partial charge in [-0.05, 0) is 45.2 Å². The zero-order valence-corrected chi connectivity index (χ0v) is 12.6. The molecule has 2 aliphatic rings.